The normalized spacial score (nSPS) is 20.8. The number of amides is 1. The second-order valence-electron chi connectivity index (χ2n) is 7.23. The third kappa shape index (κ3) is 3.48. The lowest BCUT2D eigenvalue weighted by atomic mass is 9.97. The molecule has 4 rings (SSSR count). The number of carbonyl (C=O) groups excluding carboxylic acids is 1. The van der Waals surface area contributed by atoms with Gasteiger partial charge < -0.3 is 9.47 Å². The number of benzene rings is 1. The van der Waals surface area contributed by atoms with Gasteiger partial charge >= 0.3 is 0 Å². The van der Waals surface area contributed by atoms with Crippen LogP contribution in [0.4, 0.5) is 0 Å². The zero-order valence-corrected chi connectivity index (χ0v) is 15.8. The van der Waals surface area contributed by atoms with E-state index in [0.29, 0.717) is 5.92 Å². The van der Waals surface area contributed by atoms with Gasteiger partial charge in [-0.05, 0) is 24.5 Å². The summed E-state index contributed by atoms with van der Waals surface area (Å²) in [6.45, 7) is 6.71. The van der Waals surface area contributed by atoms with E-state index in [9.17, 15) is 4.79 Å². The first-order valence-corrected chi connectivity index (χ1v) is 9.63. The fourth-order valence-electron chi connectivity index (χ4n) is 4.01. The van der Waals surface area contributed by atoms with Crippen molar-refractivity contribution in [1.82, 2.24) is 24.6 Å². The van der Waals surface area contributed by atoms with Crippen molar-refractivity contribution in [3.63, 3.8) is 0 Å². The summed E-state index contributed by atoms with van der Waals surface area (Å²) in [5, 5.41) is 9.76. The molecule has 2 aromatic rings. The second kappa shape index (κ2) is 7.37. The largest absolute Gasteiger partial charge is 0.342 e. The Morgan fingerprint density at radius 3 is 2.88 bits per heavy atom. The number of hydrogen-bond acceptors (Lipinski definition) is 4. The molecule has 0 aliphatic carbocycles. The van der Waals surface area contributed by atoms with E-state index in [1.54, 1.807) is 6.92 Å². The van der Waals surface area contributed by atoms with Crippen LogP contribution < -0.4 is 0 Å². The van der Waals surface area contributed by atoms with Crippen molar-refractivity contribution in [3.05, 3.63) is 46.5 Å². The van der Waals surface area contributed by atoms with E-state index in [2.05, 4.69) is 25.7 Å². The van der Waals surface area contributed by atoms with Crippen molar-refractivity contribution < 1.29 is 4.79 Å². The maximum absolute atomic E-state index is 11.7. The van der Waals surface area contributed by atoms with Crippen molar-refractivity contribution >= 4 is 17.5 Å². The average Bonchev–Trinajstić information content (AvgIpc) is 3.07. The van der Waals surface area contributed by atoms with Crippen LogP contribution in [0.5, 0.6) is 0 Å². The Morgan fingerprint density at radius 1 is 1.23 bits per heavy atom. The Morgan fingerprint density at radius 2 is 2.08 bits per heavy atom. The first-order valence-electron chi connectivity index (χ1n) is 9.25. The van der Waals surface area contributed by atoms with Crippen LogP contribution in [0.2, 0.25) is 5.02 Å². The lowest BCUT2D eigenvalue weighted by molar-refractivity contribution is -0.130. The van der Waals surface area contributed by atoms with Gasteiger partial charge in [-0.15, -0.1) is 10.2 Å². The van der Waals surface area contributed by atoms with E-state index in [1.165, 1.54) is 0 Å². The summed E-state index contributed by atoms with van der Waals surface area (Å²) in [6.07, 6.45) is 2.11. The van der Waals surface area contributed by atoms with Crippen molar-refractivity contribution in [2.75, 3.05) is 19.6 Å². The summed E-state index contributed by atoms with van der Waals surface area (Å²) in [6, 6.07) is 7.99. The Hall–Kier alpha value is -1.92. The molecule has 0 saturated carbocycles. The van der Waals surface area contributed by atoms with Crippen LogP contribution in [0.3, 0.4) is 0 Å². The quantitative estimate of drug-likeness (QED) is 0.830. The topological polar surface area (TPSA) is 54.3 Å². The molecule has 0 radical (unpaired) electrons. The molecule has 138 valence electrons. The lowest BCUT2D eigenvalue weighted by Crippen LogP contribution is -2.39. The molecule has 2 aliphatic rings. The van der Waals surface area contributed by atoms with E-state index in [0.717, 1.165) is 74.3 Å². The third-order valence-corrected chi connectivity index (χ3v) is 5.81. The standard InChI is InChI=1S/C19H24ClN5O/c1-14(26)24-8-4-6-16(12-24)19-22-21-18-13-23(9-10-25(18)19)11-15-5-2-3-7-17(15)20/h2-3,5,7,16H,4,6,8-13H2,1H3/t16-/m1/s1. The molecular weight excluding hydrogens is 350 g/mol. The molecule has 1 fully saturated rings. The molecule has 0 N–H and O–H groups in total. The summed E-state index contributed by atoms with van der Waals surface area (Å²) >= 11 is 6.30. The first kappa shape index (κ1) is 17.5. The van der Waals surface area contributed by atoms with Crippen LogP contribution in [0, 0.1) is 0 Å². The third-order valence-electron chi connectivity index (χ3n) is 5.44. The number of halogens is 1. The number of rotatable bonds is 3. The van der Waals surface area contributed by atoms with E-state index >= 15 is 0 Å². The predicted octanol–water partition coefficient (Wildman–Crippen LogP) is 2.67. The highest BCUT2D eigenvalue weighted by Crippen LogP contribution is 2.28. The molecule has 2 aliphatic heterocycles. The van der Waals surface area contributed by atoms with Gasteiger partial charge in [0.05, 0.1) is 6.54 Å². The molecule has 1 aromatic heterocycles. The number of hydrogen-bond donors (Lipinski definition) is 0. The maximum Gasteiger partial charge on any atom is 0.219 e. The number of fused-ring (bicyclic) bond motifs is 1. The van der Waals surface area contributed by atoms with Crippen LogP contribution in [0.15, 0.2) is 24.3 Å². The van der Waals surface area contributed by atoms with Gasteiger partial charge in [-0.25, -0.2) is 0 Å². The number of aromatic nitrogens is 3. The molecule has 1 atom stereocenters. The highest BCUT2D eigenvalue weighted by atomic mass is 35.5. The Balaban J connectivity index is 1.47. The number of carbonyl (C=O) groups is 1. The van der Waals surface area contributed by atoms with Crippen molar-refractivity contribution in [2.24, 2.45) is 0 Å². The highest BCUT2D eigenvalue weighted by Gasteiger charge is 2.29. The molecule has 0 bridgehead atoms. The Kier molecular flexibility index (Phi) is 4.96. The summed E-state index contributed by atoms with van der Waals surface area (Å²) in [5.41, 5.74) is 1.15. The minimum Gasteiger partial charge on any atom is -0.342 e. The van der Waals surface area contributed by atoms with Gasteiger partial charge in [0, 0.05) is 50.6 Å². The predicted molar refractivity (Wildman–Crippen MR) is 99.8 cm³/mol. The van der Waals surface area contributed by atoms with E-state index in [4.69, 9.17) is 11.6 Å². The average molecular weight is 374 g/mol. The summed E-state index contributed by atoms with van der Waals surface area (Å²) in [7, 11) is 0. The van der Waals surface area contributed by atoms with E-state index in [1.807, 2.05) is 23.1 Å². The number of piperidine rings is 1. The molecule has 1 saturated heterocycles. The van der Waals surface area contributed by atoms with Gasteiger partial charge in [0.2, 0.25) is 5.91 Å². The molecule has 26 heavy (non-hydrogen) atoms. The molecule has 0 spiro atoms. The monoisotopic (exact) mass is 373 g/mol. The van der Waals surface area contributed by atoms with Gasteiger partial charge in [-0.3, -0.25) is 9.69 Å². The van der Waals surface area contributed by atoms with Crippen LogP contribution in [-0.2, 0) is 24.4 Å². The highest BCUT2D eigenvalue weighted by molar-refractivity contribution is 6.31. The van der Waals surface area contributed by atoms with Crippen molar-refractivity contribution in [2.45, 2.75) is 45.3 Å². The van der Waals surface area contributed by atoms with Crippen LogP contribution in [0.25, 0.3) is 0 Å². The summed E-state index contributed by atoms with van der Waals surface area (Å²) in [5.74, 6) is 2.50. The Bertz CT molecular complexity index is 805. The van der Waals surface area contributed by atoms with Crippen LogP contribution in [-0.4, -0.2) is 50.1 Å². The number of likely N-dealkylation sites (tertiary alicyclic amines) is 1. The fourth-order valence-corrected chi connectivity index (χ4v) is 4.20. The van der Waals surface area contributed by atoms with Gasteiger partial charge in [-0.2, -0.15) is 0 Å². The zero-order chi connectivity index (χ0) is 18.1. The summed E-state index contributed by atoms with van der Waals surface area (Å²) < 4.78 is 2.26. The van der Waals surface area contributed by atoms with Gasteiger partial charge in [-0.1, -0.05) is 29.8 Å². The molecule has 1 amide bonds. The molecule has 6 nitrogen and oxygen atoms in total. The van der Waals surface area contributed by atoms with Crippen molar-refractivity contribution in [1.29, 1.82) is 0 Å². The zero-order valence-electron chi connectivity index (χ0n) is 15.1. The smallest absolute Gasteiger partial charge is 0.219 e. The fraction of sp³-hybridized carbons (Fsp3) is 0.526. The molecule has 0 unspecified atom stereocenters. The maximum atomic E-state index is 11.7. The minimum atomic E-state index is 0.152. The number of nitrogens with zero attached hydrogens (tertiary/aromatic N) is 5. The van der Waals surface area contributed by atoms with Gasteiger partial charge in [0.25, 0.3) is 0 Å². The lowest BCUT2D eigenvalue weighted by Gasteiger charge is -2.33. The summed E-state index contributed by atoms with van der Waals surface area (Å²) in [4.78, 5) is 16.0. The minimum absolute atomic E-state index is 0.152. The molecule has 1 aromatic carbocycles. The second-order valence-corrected chi connectivity index (χ2v) is 7.64. The molecular formula is C19H24ClN5O. The van der Waals surface area contributed by atoms with Crippen LogP contribution in [0.1, 0.15) is 42.9 Å². The van der Waals surface area contributed by atoms with E-state index < -0.39 is 0 Å². The Labute approximate surface area is 158 Å². The van der Waals surface area contributed by atoms with Crippen molar-refractivity contribution in [3.8, 4) is 0 Å². The SMILES string of the molecule is CC(=O)N1CCC[C@@H](c2nnc3n2CCN(Cc2ccccc2Cl)C3)C1. The van der Waals surface area contributed by atoms with E-state index in [-0.39, 0.29) is 5.91 Å². The molecule has 7 heteroatoms. The molecule has 3 heterocycles. The van der Waals surface area contributed by atoms with Gasteiger partial charge in [0.15, 0.2) is 0 Å². The van der Waals surface area contributed by atoms with Crippen LogP contribution >= 0.6 is 11.6 Å². The first-order chi connectivity index (χ1) is 12.6. The van der Waals surface area contributed by atoms with Gasteiger partial charge in [0.1, 0.15) is 11.6 Å².